The number of alkyl halides is 1. The normalized spacial score (nSPS) is 23.3. The van der Waals surface area contributed by atoms with Crippen LogP contribution in [0.25, 0.3) is 0 Å². The first-order valence-electron chi connectivity index (χ1n) is 6.97. The molecule has 106 valence electrons. The molecule has 0 saturated heterocycles. The summed E-state index contributed by atoms with van der Waals surface area (Å²) in [6.45, 7) is 1.58. The maximum Gasteiger partial charge on any atom is 0.119 e. The van der Waals surface area contributed by atoms with E-state index in [0.29, 0.717) is 18.6 Å². The molecule has 2 nitrogen and oxygen atoms in total. The number of hydrogen-bond donors (Lipinski definition) is 1. The second kappa shape index (κ2) is 8.13. The van der Waals surface area contributed by atoms with Crippen molar-refractivity contribution in [3.63, 3.8) is 0 Å². The zero-order valence-electron chi connectivity index (χ0n) is 11.1. The average molecular weight is 347 g/mol. The molecule has 1 aliphatic carbocycles. The van der Waals surface area contributed by atoms with Gasteiger partial charge in [0.25, 0.3) is 0 Å². The zero-order chi connectivity index (χ0) is 13.5. The Morgan fingerprint density at radius 2 is 1.95 bits per heavy atom. The van der Waals surface area contributed by atoms with E-state index in [1.807, 2.05) is 24.3 Å². The summed E-state index contributed by atoms with van der Waals surface area (Å²) in [6, 6.07) is 8.51. The highest BCUT2D eigenvalue weighted by atomic mass is 79.9. The van der Waals surface area contributed by atoms with Crippen molar-refractivity contribution < 1.29 is 4.74 Å². The van der Waals surface area contributed by atoms with Crippen LogP contribution in [0.5, 0.6) is 5.75 Å². The molecule has 0 heterocycles. The Morgan fingerprint density at radius 1 is 1.21 bits per heavy atom. The molecule has 19 heavy (non-hydrogen) atoms. The first-order valence-corrected chi connectivity index (χ1v) is 8.30. The van der Waals surface area contributed by atoms with Crippen LogP contribution in [0.2, 0.25) is 0 Å². The van der Waals surface area contributed by atoms with Crippen LogP contribution in [-0.2, 0) is 0 Å². The van der Waals surface area contributed by atoms with E-state index in [0.717, 1.165) is 22.6 Å². The maximum absolute atomic E-state index is 6.02. The first-order chi connectivity index (χ1) is 9.29. The van der Waals surface area contributed by atoms with Gasteiger partial charge in [0.1, 0.15) is 12.4 Å². The molecule has 1 N–H and O–H groups in total. The van der Waals surface area contributed by atoms with Gasteiger partial charge in [-0.2, -0.15) is 0 Å². The van der Waals surface area contributed by atoms with Gasteiger partial charge in [0.15, 0.2) is 0 Å². The summed E-state index contributed by atoms with van der Waals surface area (Å²) in [5.74, 6) is 2.32. The Kier molecular flexibility index (Phi) is 6.48. The molecule has 0 aliphatic heterocycles. The number of benzene rings is 1. The molecule has 0 amide bonds. The minimum atomic E-state index is 0.569. The quantitative estimate of drug-likeness (QED) is 0.615. The molecule has 1 aliphatic rings. The van der Waals surface area contributed by atoms with Gasteiger partial charge < -0.3 is 10.1 Å². The third-order valence-electron chi connectivity index (χ3n) is 3.70. The number of rotatable bonds is 6. The molecule has 4 heteroatoms. The van der Waals surface area contributed by atoms with E-state index in [1.165, 1.54) is 25.7 Å². The largest absolute Gasteiger partial charge is 0.492 e. The molecular weight excluding hydrogens is 326 g/mol. The zero-order valence-corrected chi connectivity index (χ0v) is 13.4. The smallest absolute Gasteiger partial charge is 0.119 e. The number of halogens is 2. The van der Waals surface area contributed by atoms with E-state index in [-0.39, 0.29) is 0 Å². The summed E-state index contributed by atoms with van der Waals surface area (Å²) in [5, 5.41) is 3.59. The van der Waals surface area contributed by atoms with Crippen LogP contribution >= 0.6 is 27.5 Å². The molecule has 1 aromatic carbocycles. The minimum Gasteiger partial charge on any atom is -0.492 e. The van der Waals surface area contributed by atoms with Crippen molar-refractivity contribution in [2.45, 2.75) is 31.7 Å². The van der Waals surface area contributed by atoms with Crippen molar-refractivity contribution in [1.29, 1.82) is 0 Å². The lowest BCUT2D eigenvalue weighted by Gasteiger charge is -2.31. The molecule has 2 unspecified atom stereocenters. The first kappa shape index (κ1) is 15.1. The van der Waals surface area contributed by atoms with E-state index in [1.54, 1.807) is 0 Å². The van der Waals surface area contributed by atoms with Gasteiger partial charge in [0, 0.05) is 22.9 Å². The lowest BCUT2D eigenvalue weighted by Crippen LogP contribution is -2.41. The minimum absolute atomic E-state index is 0.569. The van der Waals surface area contributed by atoms with Crippen molar-refractivity contribution in [2.75, 3.05) is 19.0 Å². The monoisotopic (exact) mass is 345 g/mol. The Bertz CT molecular complexity index is 371. The lowest BCUT2D eigenvalue weighted by molar-refractivity contribution is 0.253. The second-order valence-corrected chi connectivity index (χ2v) is 6.29. The predicted molar refractivity (Wildman–Crippen MR) is 84.1 cm³/mol. The molecule has 2 rings (SSSR count). The van der Waals surface area contributed by atoms with Gasteiger partial charge in [-0.25, -0.2) is 0 Å². The number of ether oxygens (including phenoxy) is 1. The highest BCUT2D eigenvalue weighted by Crippen LogP contribution is 2.25. The molecule has 1 aromatic rings. The maximum atomic E-state index is 6.02. The van der Waals surface area contributed by atoms with Gasteiger partial charge in [-0.15, -0.1) is 11.6 Å². The molecule has 0 radical (unpaired) electrons. The van der Waals surface area contributed by atoms with Crippen LogP contribution in [0.4, 0.5) is 0 Å². The van der Waals surface area contributed by atoms with Gasteiger partial charge in [-0.1, -0.05) is 28.8 Å². The highest BCUT2D eigenvalue weighted by Gasteiger charge is 2.23. The van der Waals surface area contributed by atoms with Crippen LogP contribution < -0.4 is 10.1 Å². The topological polar surface area (TPSA) is 21.3 Å². The van der Waals surface area contributed by atoms with E-state index in [4.69, 9.17) is 16.3 Å². The van der Waals surface area contributed by atoms with Crippen molar-refractivity contribution >= 4 is 27.5 Å². The summed E-state index contributed by atoms with van der Waals surface area (Å²) < 4.78 is 6.78. The summed E-state index contributed by atoms with van der Waals surface area (Å²) in [6.07, 6.45) is 5.15. The molecular formula is C15H21BrClNO. The number of hydrogen-bond acceptors (Lipinski definition) is 2. The van der Waals surface area contributed by atoms with Crippen LogP contribution in [0.1, 0.15) is 25.7 Å². The Morgan fingerprint density at radius 3 is 2.68 bits per heavy atom. The lowest BCUT2D eigenvalue weighted by atomic mass is 9.86. The van der Waals surface area contributed by atoms with Crippen LogP contribution in [0, 0.1) is 5.92 Å². The van der Waals surface area contributed by atoms with Crippen molar-refractivity contribution in [1.82, 2.24) is 5.32 Å². The fourth-order valence-electron chi connectivity index (χ4n) is 2.61. The summed E-state index contributed by atoms with van der Waals surface area (Å²) in [5.41, 5.74) is 0. The summed E-state index contributed by atoms with van der Waals surface area (Å²) in [4.78, 5) is 0. The standard InChI is InChI=1S/C15H21BrClNO/c16-13-5-7-14(8-6-13)19-10-9-18-15-4-2-1-3-12(15)11-17/h5-8,12,15,18H,1-4,9-11H2. The van der Waals surface area contributed by atoms with Gasteiger partial charge in [0.05, 0.1) is 0 Å². The molecule has 0 bridgehead atoms. The average Bonchev–Trinajstić information content (AvgIpc) is 2.46. The van der Waals surface area contributed by atoms with Gasteiger partial charge in [-0.05, 0) is 43.0 Å². The fraction of sp³-hybridized carbons (Fsp3) is 0.600. The van der Waals surface area contributed by atoms with Crippen molar-refractivity contribution in [3.8, 4) is 5.75 Å². The van der Waals surface area contributed by atoms with Crippen LogP contribution in [0.3, 0.4) is 0 Å². The van der Waals surface area contributed by atoms with Crippen molar-refractivity contribution in [2.24, 2.45) is 5.92 Å². The fourth-order valence-corrected chi connectivity index (χ4v) is 3.24. The van der Waals surface area contributed by atoms with Crippen LogP contribution in [0.15, 0.2) is 28.7 Å². The molecule has 2 atom stereocenters. The van der Waals surface area contributed by atoms with E-state index < -0.39 is 0 Å². The van der Waals surface area contributed by atoms with Crippen molar-refractivity contribution in [3.05, 3.63) is 28.7 Å². The third kappa shape index (κ3) is 4.97. The van der Waals surface area contributed by atoms with Gasteiger partial charge in [-0.3, -0.25) is 0 Å². The van der Waals surface area contributed by atoms with Crippen LogP contribution in [-0.4, -0.2) is 25.1 Å². The molecule has 1 saturated carbocycles. The SMILES string of the molecule is ClCC1CCCCC1NCCOc1ccc(Br)cc1. The van der Waals surface area contributed by atoms with E-state index in [2.05, 4.69) is 21.2 Å². The molecule has 0 aromatic heterocycles. The Hall–Kier alpha value is -0.250. The third-order valence-corrected chi connectivity index (χ3v) is 4.62. The van der Waals surface area contributed by atoms with E-state index >= 15 is 0 Å². The molecule has 1 fully saturated rings. The Balaban J connectivity index is 1.67. The summed E-state index contributed by atoms with van der Waals surface area (Å²) >= 11 is 9.44. The molecule has 0 spiro atoms. The van der Waals surface area contributed by atoms with Gasteiger partial charge >= 0.3 is 0 Å². The van der Waals surface area contributed by atoms with E-state index in [9.17, 15) is 0 Å². The number of nitrogens with one attached hydrogen (secondary N) is 1. The Labute approximate surface area is 129 Å². The highest BCUT2D eigenvalue weighted by molar-refractivity contribution is 9.10. The second-order valence-electron chi connectivity index (χ2n) is 5.06. The predicted octanol–water partition coefficient (Wildman–Crippen LogP) is 4.22. The summed E-state index contributed by atoms with van der Waals surface area (Å²) in [7, 11) is 0. The van der Waals surface area contributed by atoms with Gasteiger partial charge in [0.2, 0.25) is 0 Å².